The van der Waals surface area contributed by atoms with E-state index in [1.807, 2.05) is 12.1 Å². The van der Waals surface area contributed by atoms with Crippen molar-refractivity contribution in [1.82, 2.24) is 10.2 Å². The number of nitrogens with one attached hydrogen (secondary N) is 1. The van der Waals surface area contributed by atoms with Crippen LogP contribution < -0.4 is 5.32 Å². The molecular formula is C14H17Cl3N2. The first-order chi connectivity index (χ1) is 9.13. The molecule has 1 fully saturated rings. The lowest BCUT2D eigenvalue weighted by Gasteiger charge is -2.35. The van der Waals surface area contributed by atoms with E-state index in [9.17, 15) is 0 Å². The Labute approximate surface area is 129 Å². The molecule has 0 saturated carbocycles. The predicted octanol–water partition coefficient (Wildman–Crippen LogP) is 4.17. The number of nitrogens with zero attached hydrogens (tertiary/aromatic N) is 1. The van der Waals surface area contributed by atoms with Crippen LogP contribution in [0.15, 0.2) is 24.8 Å². The van der Waals surface area contributed by atoms with Crippen LogP contribution in [-0.4, -0.2) is 31.1 Å². The Morgan fingerprint density at radius 1 is 1.26 bits per heavy atom. The van der Waals surface area contributed by atoms with E-state index in [4.69, 9.17) is 34.8 Å². The standard InChI is InChI=1S/C14H17Cl3N2/c1-2-3-13(19-6-4-18-5-7-19)11-8-10(15)9-12(16)14(11)17/h2,8-9,13,18H,1,3-7H2/t13-/m1/s1. The largest absolute Gasteiger partial charge is 0.314 e. The maximum Gasteiger partial charge on any atom is 0.0641 e. The van der Waals surface area contributed by atoms with Gasteiger partial charge in [0, 0.05) is 37.2 Å². The number of hydrogen-bond acceptors (Lipinski definition) is 2. The molecule has 1 aromatic rings. The molecule has 0 radical (unpaired) electrons. The molecule has 1 heterocycles. The van der Waals surface area contributed by atoms with Gasteiger partial charge in [0.25, 0.3) is 0 Å². The van der Waals surface area contributed by atoms with E-state index in [2.05, 4.69) is 16.8 Å². The molecule has 0 spiro atoms. The van der Waals surface area contributed by atoms with Gasteiger partial charge in [-0.15, -0.1) is 6.58 Å². The predicted molar refractivity (Wildman–Crippen MR) is 83.5 cm³/mol. The summed E-state index contributed by atoms with van der Waals surface area (Å²) in [6.07, 6.45) is 2.74. The fraction of sp³-hybridized carbons (Fsp3) is 0.429. The lowest BCUT2D eigenvalue weighted by atomic mass is 10.0. The topological polar surface area (TPSA) is 15.3 Å². The molecule has 5 heteroatoms. The lowest BCUT2D eigenvalue weighted by Crippen LogP contribution is -2.45. The minimum absolute atomic E-state index is 0.184. The van der Waals surface area contributed by atoms with Gasteiger partial charge in [-0.1, -0.05) is 40.9 Å². The van der Waals surface area contributed by atoms with Gasteiger partial charge in [-0.2, -0.15) is 0 Å². The third-order valence-electron chi connectivity index (χ3n) is 3.36. The Kier molecular flexibility index (Phi) is 5.55. The van der Waals surface area contributed by atoms with Gasteiger partial charge in [-0.05, 0) is 24.1 Å². The first kappa shape index (κ1) is 15.1. The zero-order chi connectivity index (χ0) is 13.8. The molecule has 1 atom stereocenters. The summed E-state index contributed by atoms with van der Waals surface area (Å²) in [5, 5.41) is 5.07. The summed E-state index contributed by atoms with van der Waals surface area (Å²) in [7, 11) is 0. The van der Waals surface area contributed by atoms with Gasteiger partial charge in [-0.3, -0.25) is 4.90 Å². The molecule has 1 aromatic carbocycles. The van der Waals surface area contributed by atoms with Gasteiger partial charge in [0.2, 0.25) is 0 Å². The second-order valence-corrected chi connectivity index (χ2v) is 5.84. The molecule has 1 aliphatic rings. The molecule has 1 saturated heterocycles. The average molecular weight is 320 g/mol. The molecule has 0 aromatic heterocycles. The minimum Gasteiger partial charge on any atom is -0.314 e. The fourth-order valence-corrected chi connectivity index (χ4v) is 3.19. The lowest BCUT2D eigenvalue weighted by molar-refractivity contribution is 0.174. The van der Waals surface area contributed by atoms with Crippen LogP contribution in [0.2, 0.25) is 15.1 Å². The maximum absolute atomic E-state index is 6.35. The van der Waals surface area contributed by atoms with Crippen LogP contribution in [0.3, 0.4) is 0 Å². The van der Waals surface area contributed by atoms with E-state index in [1.165, 1.54) is 0 Å². The highest BCUT2D eigenvalue weighted by molar-refractivity contribution is 6.43. The molecule has 0 unspecified atom stereocenters. The molecule has 0 bridgehead atoms. The average Bonchev–Trinajstić information content (AvgIpc) is 2.41. The van der Waals surface area contributed by atoms with Gasteiger partial charge in [0.15, 0.2) is 0 Å². The third kappa shape index (κ3) is 3.65. The van der Waals surface area contributed by atoms with Crippen molar-refractivity contribution in [1.29, 1.82) is 0 Å². The van der Waals surface area contributed by atoms with E-state index in [1.54, 1.807) is 6.07 Å². The van der Waals surface area contributed by atoms with Gasteiger partial charge in [-0.25, -0.2) is 0 Å². The van der Waals surface area contributed by atoms with Crippen molar-refractivity contribution in [2.24, 2.45) is 0 Å². The second kappa shape index (κ2) is 6.96. The highest BCUT2D eigenvalue weighted by Crippen LogP contribution is 2.37. The summed E-state index contributed by atoms with van der Waals surface area (Å²) in [5.41, 5.74) is 0.987. The Morgan fingerprint density at radius 3 is 2.58 bits per heavy atom. The summed E-state index contributed by atoms with van der Waals surface area (Å²) < 4.78 is 0. The fourth-order valence-electron chi connectivity index (χ4n) is 2.44. The van der Waals surface area contributed by atoms with Crippen molar-refractivity contribution in [2.45, 2.75) is 12.5 Å². The smallest absolute Gasteiger partial charge is 0.0641 e. The van der Waals surface area contributed by atoms with Gasteiger partial charge in [0.1, 0.15) is 0 Å². The van der Waals surface area contributed by atoms with Crippen molar-refractivity contribution in [3.8, 4) is 0 Å². The summed E-state index contributed by atoms with van der Waals surface area (Å²) in [5.74, 6) is 0. The summed E-state index contributed by atoms with van der Waals surface area (Å²) in [4.78, 5) is 2.39. The SMILES string of the molecule is C=CC[C@H](c1cc(Cl)cc(Cl)c1Cl)N1CCNCC1. The summed E-state index contributed by atoms with van der Waals surface area (Å²) in [6.45, 7) is 7.79. The molecule has 2 rings (SSSR count). The van der Waals surface area contributed by atoms with Crippen LogP contribution >= 0.6 is 34.8 Å². The van der Waals surface area contributed by atoms with Crippen LogP contribution in [0.25, 0.3) is 0 Å². The second-order valence-electron chi connectivity index (χ2n) is 4.62. The van der Waals surface area contributed by atoms with Gasteiger partial charge < -0.3 is 5.32 Å². The quantitative estimate of drug-likeness (QED) is 0.662. The highest BCUT2D eigenvalue weighted by Gasteiger charge is 2.24. The monoisotopic (exact) mass is 318 g/mol. The molecule has 1 N–H and O–H groups in total. The van der Waals surface area contributed by atoms with Gasteiger partial charge in [0.05, 0.1) is 10.0 Å². The Hall–Kier alpha value is -0.250. The molecule has 2 nitrogen and oxygen atoms in total. The zero-order valence-corrected chi connectivity index (χ0v) is 12.9. The normalized spacial score (nSPS) is 18.3. The highest BCUT2D eigenvalue weighted by atomic mass is 35.5. The van der Waals surface area contributed by atoms with Gasteiger partial charge >= 0.3 is 0 Å². The Morgan fingerprint density at radius 2 is 1.95 bits per heavy atom. The molecular weight excluding hydrogens is 303 g/mol. The zero-order valence-electron chi connectivity index (χ0n) is 10.6. The van der Waals surface area contributed by atoms with Crippen LogP contribution in [0, 0.1) is 0 Å². The molecule has 104 valence electrons. The minimum atomic E-state index is 0.184. The number of piperazine rings is 1. The van der Waals surface area contributed by atoms with E-state index in [-0.39, 0.29) is 6.04 Å². The summed E-state index contributed by atoms with van der Waals surface area (Å²) in [6, 6.07) is 3.77. The number of hydrogen-bond donors (Lipinski definition) is 1. The first-order valence-corrected chi connectivity index (χ1v) is 7.47. The van der Waals surface area contributed by atoms with Crippen molar-refractivity contribution in [3.63, 3.8) is 0 Å². The van der Waals surface area contributed by atoms with Crippen molar-refractivity contribution in [2.75, 3.05) is 26.2 Å². The van der Waals surface area contributed by atoms with Crippen molar-refractivity contribution >= 4 is 34.8 Å². The number of halogens is 3. The number of benzene rings is 1. The molecule has 0 amide bonds. The summed E-state index contributed by atoms with van der Waals surface area (Å²) >= 11 is 18.6. The van der Waals surface area contributed by atoms with Crippen LogP contribution in [-0.2, 0) is 0 Å². The molecule has 0 aliphatic carbocycles. The van der Waals surface area contributed by atoms with Crippen LogP contribution in [0.1, 0.15) is 18.0 Å². The van der Waals surface area contributed by atoms with Crippen LogP contribution in [0.4, 0.5) is 0 Å². The van der Waals surface area contributed by atoms with E-state index < -0.39 is 0 Å². The van der Waals surface area contributed by atoms with E-state index in [0.717, 1.165) is 38.2 Å². The van der Waals surface area contributed by atoms with Crippen molar-refractivity contribution in [3.05, 3.63) is 45.4 Å². The first-order valence-electron chi connectivity index (χ1n) is 6.33. The Balaban J connectivity index is 2.34. The van der Waals surface area contributed by atoms with E-state index >= 15 is 0 Å². The number of rotatable bonds is 4. The maximum atomic E-state index is 6.35. The van der Waals surface area contributed by atoms with E-state index in [0.29, 0.717) is 15.1 Å². The van der Waals surface area contributed by atoms with Crippen molar-refractivity contribution < 1.29 is 0 Å². The Bertz CT molecular complexity index is 456. The third-order valence-corrected chi connectivity index (χ3v) is 4.40. The molecule has 1 aliphatic heterocycles. The van der Waals surface area contributed by atoms with Crippen LogP contribution in [0.5, 0.6) is 0 Å². The molecule has 19 heavy (non-hydrogen) atoms.